The van der Waals surface area contributed by atoms with E-state index >= 15 is 0 Å². The molecular weight excluding hydrogens is 316 g/mol. The van der Waals surface area contributed by atoms with Crippen LogP contribution in [0.2, 0.25) is 0 Å². The van der Waals surface area contributed by atoms with Gasteiger partial charge in [-0.05, 0) is 54.2 Å². The van der Waals surface area contributed by atoms with Crippen LogP contribution >= 0.6 is 11.8 Å². The van der Waals surface area contributed by atoms with Crippen LogP contribution in [0.4, 0.5) is 4.79 Å². The number of carbonyl (C=O) groups is 3. The van der Waals surface area contributed by atoms with Crippen LogP contribution in [0, 0.1) is 0 Å². The molecule has 0 saturated carbocycles. The van der Waals surface area contributed by atoms with Crippen LogP contribution in [0.1, 0.15) is 16.1 Å². The van der Waals surface area contributed by atoms with Gasteiger partial charge in [0.2, 0.25) is 0 Å². The second kappa shape index (κ2) is 5.77. The van der Waals surface area contributed by atoms with Gasteiger partial charge in [-0.15, -0.1) is 0 Å². The van der Waals surface area contributed by atoms with Gasteiger partial charge in [0.1, 0.15) is 0 Å². The maximum atomic E-state index is 12.0. The number of imide groups is 1. The van der Waals surface area contributed by atoms with E-state index in [4.69, 9.17) is 5.11 Å². The second-order valence-corrected chi connectivity index (χ2v) is 5.89. The smallest absolute Gasteiger partial charge is 0.335 e. The van der Waals surface area contributed by atoms with Crippen molar-refractivity contribution in [3.05, 3.63) is 58.8 Å². The highest BCUT2D eigenvalue weighted by molar-refractivity contribution is 8.18. The van der Waals surface area contributed by atoms with Gasteiger partial charge in [0.25, 0.3) is 11.1 Å². The number of benzene rings is 1. The quantitative estimate of drug-likeness (QED) is 0.877. The van der Waals surface area contributed by atoms with Gasteiger partial charge < -0.3 is 9.67 Å². The van der Waals surface area contributed by atoms with Gasteiger partial charge in [-0.25, -0.2) is 4.79 Å². The van der Waals surface area contributed by atoms with Crippen LogP contribution in [-0.4, -0.2) is 38.7 Å². The number of carboxylic acids is 1. The van der Waals surface area contributed by atoms with E-state index in [-0.39, 0.29) is 16.7 Å². The molecule has 1 aliphatic rings. The molecule has 0 radical (unpaired) electrons. The highest BCUT2D eigenvalue weighted by Gasteiger charge is 2.31. The molecule has 0 spiro atoms. The standard InChI is InChI=1S/C16H12N2O4S/c1-17-14(19)13(23-16(17)22)9-12-3-2-8-18(12)11-6-4-10(5-7-11)15(20)21/h2-9H,1H3,(H,20,21). The van der Waals surface area contributed by atoms with Crippen LogP contribution in [0.25, 0.3) is 11.8 Å². The third-order valence-corrected chi connectivity index (χ3v) is 4.40. The van der Waals surface area contributed by atoms with Crippen molar-refractivity contribution in [2.45, 2.75) is 0 Å². The Morgan fingerprint density at radius 1 is 1.17 bits per heavy atom. The fraction of sp³-hybridized carbons (Fsp3) is 0.0625. The first kappa shape index (κ1) is 15.1. The van der Waals surface area contributed by atoms with Gasteiger partial charge in [-0.2, -0.15) is 0 Å². The molecule has 0 unspecified atom stereocenters. The first-order valence-corrected chi connectivity index (χ1v) is 7.51. The summed E-state index contributed by atoms with van der Waals surface area (Å²) in [6, 6.07) is 10.0. The average molecular weight is 328 g/mol. The molecule has 3 rings (SSSR count). The van der Waals surface area contributed by atoms with Crippen molar-refractivity contribution in [3.8, 4) is 5.69 Å². The van der Waals surface area contributed by atoms with Gasteiger partial charge in [0.15, 0.2) is 0 Å². The minimum atomic E-state index is -0.985. The Balaban J connectivity index is 1.96. The molecule has 1 fully saturated rings. The summed E-state index contributed by atoms with van der Waals surface area (Å²) in [5.74, 6) is -1.31. The fourth-order valence-corrected chi connectivity index (χ4v) is 3.00. The van der Waals surface area contributed by atoms with Gasteiger partial charge in [0, 0.05) is 24.6 Å². The maximum absolute atomic E-state index is 12.0. The van der Waals surface area contributed by atoms with E-state index in [0.29, 0.717) is 4.91 Å². The molecule has 1 aromatic heterocycles. The van der Waals surface area contributed by atoms with E-state index in [1.807, 2.05) is 16.7 Å². The summed E-state index contributed by atoms with van der Waals surface area (Å²) >= 11 is 0.898. The summed E-state index contributed by atoms with van der Waals surface area (Å²) < 4.78 is 1.81. The Kier molecular flexibility index (Phi) is 3.79. The third kappa shape index (κ3) is 2.78. The Hall–Kier alpha value is -2.80. The second-order valence-electron chi connectivity index (χ2n) is 4.90. The van der Waals surface area contributed by atoms with Crippen molar-refractivity contribution in [1.29, 1.82) is 0 Å². The summed E-state index contributed by atoms with van der Waals surface area (Å²) in [6.45, 7) is 0. The molecule has 7 heteroatoms. The lowest BCUT2D eigenvalue weighted by atomic mass is 10.2. The molecule has 2 amide bonds. The van der Waals surface area contributed by atoms with Crippen LogP contribution < -0.4 is 0 Å². The summed E-state index contributed by atoms with van der Waals surface area (Å²) in [5, 5.41) is 8.64. The van der Waals surface area contributed by atoms with Crippen molar-refractivity contribution in [2.75, 3.05) is 7.05 Å². The van der Waals surface area contributed by atoms with E-state index in [1.165, 1.54) is 19.2 Å². The molecule has 1 saturated heterocycles. The molecule has 6 nitrogen and oxygen atoms in total. The lowest BCUT2D eigenvalue weighted by Crippen LogP contribution is -2.22. The highest BCUT2D eigenvalue weighted by atomic mass is 32.2. The molecule has 23 heavy (non-hydrogen) atoms. The zero-order valence-corrected chi connectivity index (χ0v) is 12.9. The monoisotopic (exact) mass is 328 g/mol. The number of amides is 2. The number of aromatic nitrogens is 1. The van der Waals surface area contributed by atoms with Gasteiger partial charge in [0.05, 0.1) is 10.5 Å². The summed E-state index contributed by atoms with van der Waals surface area (Å²) in [6.07, 6.45) is 3.46. The van der Waals surface area contributed by atoms with Crippen molar-refractivity contribution >= 4 is 35.0 Å². The number of aromatic carboxylic acids is 1. The zero-order chi connectivity index (χ0) is 16.6. The normalized spacial score (nSPS) is 16.4. The molecule has 1 N–H and O–H groups in total. The summed E-state index contributed by atoms with van der Waals surface area (Å²) in [5.41, 5.74) is 1.70. The number of thioether (sulfide) groups is 1. The minimum Gasteiger partial charge on any atom is -0.478 e. The lowest BCUT2D eigenvalue weighted by Gasteiger charge is -2.07. The summed E-state index contributed by atoms with van der Waals surface area (Å²) in [4.78, 5) is 35.8. The van der Waals surface area contributed by atoms with E-state index in [9.17, 15) is 14.4 Å². The number of hydrogen-bond acceptors (Lipinski definition) is 4. The SMILES string of the molecule is CN1C(=O)SC(=Cc2cccn2-c2ccc(C(=O)O)cc2)C1=O. The Morgan fingerprint density at radius 3 is 2.43 bits per heavy atom. The molecular formula is C16H12N2O4S. The third-order valence-electron chi connectivity index (χ3n) is 3.44. The summed E-state index contributed by atoms with van der Waals surface area (Å²) in [7, 11) is 1.45. The van der Waals surface area contributed by atoms with E-state index in [1.54, 1.807) is 24.4 Å². The van der Waals surface area contributed by atoms with E-state index < -0.39 is 5.97 Å². The van der Waals surface area contributed by atoms with Gasteiger partial charge in [-0.3, -0.25) is 14.5 Å². The topological polar surface area (TPSA) is 79.6 Å². The highest BCUT2D eigenvalue weighted by Crippen LogP contribution is 2.31. The molecule has 0 aliphatic carbocycles. The van der Waals surface area contributed by atoms with Gasteiger partial charge >= 0.3 is 5.97 Å². The first-order valence-electron chi connectivity index (χ1n) is 6.70. The van der Waals surface area contributed by atoms with Crippen molar-refractivity contribution in [3.63, 3.8) is 0 Å². The molecule has 1 aliphatic heterocycles. The average Bonchev–Trinajstić information content (AvgIpc) is 3.09. The van der Waals surface area contributed by atoms with Crippen LogP contribution in [0.3, 0.4) is 0 Å². The fourth-order valence-electron chi connectivity index (χ4n) is 2.19. The number of hydrogen-bond donors (Lipinski definition) is 1. The molecule has 2 aromatic rings. The van der Waals surface area contributed by atoms with E-state index in [2.05, 4.69) is 0 Å². The molecule has 0 bridgehead atoms. The Morgan fingerprint density at radius 2 is 1.87 bits per heavy atom. The zero-order valence-electron chi connectivity index (χ0n) is 12.1. The number of likely N-dealkylation sites (N-methyl/N-ethyl adjacent to an activating group) is 1. The van der Waals surface area contributed by atoms with Crippen molar-refractivity contribution in [1.82, 2.24) is 9.47 Å². The Labute approximate surface area is 136 Å². The molecule has 0 atom stereocenters. The van der Waals surface area contributed by atoms with Gasteiger partial charge in [-0.1, -0.05) is 0 Å². The first-order chi connectivity index (χ1) is 11.0. The number of nitrogens with zero attached hydrogens (tertiary/aromatic N) is 2. The van der Waals surface area contributed by atoms with Crippen LogP contribution in [-0.2, 0) is 4.79 Å². The molecule has 116 valence electrons. The van der Waals surface area contributed by atoms with Crippen LogP contribution in [0.5, 0.6) is 0 Å². The van der Waals surface area contributed by atoms with Crippen LogP contribution in [0.15, 0.2) is 47.5 Å². The Bertz CT molecular complexity index is 836. The largest absolute Gasteiger partial charge is 0.478 e. The maximum Gasteiger partial charge on any atom is 0.335 e. The lowest BCUT2D eigenvalue weighted by molar-refractivity contribution is -0.121. The number of carbonyl (C=O) groups excluding carboxylic acids is 2. The van der Waals surface area contributed by atoms with E-state index in [0.717, 1.165) is 28.0 Å². The minimum absolute atomic E-state index is 0.203. The predicted octanol–water partition coefficient (Wildman–Crippen LogP) is 2.84. The van der Waals surface area contributed by atoms with Crippen molar-refractivity contribution in [2.24, 2.45) is 0 Å². The molecule has 1 aromatic carbocycles. The molecule has 2 heterocycles. The number of rotatable bonds is 3. The van der Waals surface area contributed by atoms with Crippen molar-refractivity contribution < 1.29 is 19.5 Å². The number of carboxylic acid groups (broad SMARTS) is 1. The predicted molar refractivity (Wildman–Crippen MR) is 86.5 cm³/mol.